The first-order valence-corrected chi connectivity index (χ1v) is 6.13. The molecule has 0 saturated carbocycles. The van der Waals surface area contributed by atoms with Gasteiger partial charge in [-0.3, -0.25) is 9.69 Å². The van der Waals surface area contributed by atoms with Crippen LogP contribution in [0.3, 0.4) is 0 Å². The standard InChI is InChI=1S/C14H20FNO2/c1-4-18-14(17)9-11(2)16(3)10-12-7-5-6-8-13(12)15/h5-8,11H,4,9-10H2,1-3H3. The van der Waals surface area contributed by atoms with Crippen LogP contribution in [0.2, 0.25) is 0 Å². The third-order valence-corrected chi connectivity index (χ3v) is 2.90. The van der Waals surface area contributed by atoms with Crippen LogP contribution in [0.15, 0.2) is 24.3 Å². The van der Waals surface area contributed by atoms with Gasteiger partial charge in [-0.25, -0.2) is 4.39 Å². The predicted molar refractivity (Wildman–Crippen MR) is 68.6 cm³/mol. The van der Waals surface area contributed by atoms with Gasteiger partial charge in [0.1, 0.15) is 5.82 Å². The molecule has 3 nitrogen and oxygen atoms in total. The average Bonchev–Trinajstić information content (AvgIpc) is 2.32. The Balaban J connectivity index is 2.52. The first-order chi connectivity index (χ1) is 8.54. The van der Waals surface area contributed by atoms with E-state index in [1.54, 1.807) is 19.1 Å². The molecule has 0 aromatic heterocycles. The quantitative estimate of drug-likeness (QED) is 0.730. The molecular weight excluding hydrogens is 233 g/mol. The molecule has 0 N–H and O–H groups in total. The maximum atomic E-state index is 13.5. The van der Waals surface area contributed by atoms with Crippen molar-refractivity contribution < 1.29 is 13.9 Å². The van der Waals surface area contributed by atoms with Crippen LogP contribution in [0.25, 0.3) is 0 Å². The minimum absolute atomic E-state index is 0.0173. The highest BCUT2D eigenvalue weighted by atomic mass is 19.1. The van der Waals surface area contributed by atoms with Crippen molar-refractivity contribution in [3.05, 3.63) is 35.6 Å². The van der Waals surface area contributed by atoms with Crippen LogP contribution in [-0.2, 0) is 16.1 Å². The summed E-state index contributed by atoms with van der Waals surface area (Å²) in [4.78, 5) is 13.3. The van der Waals surface area contributed by atoms with E-state index in [1.165, 1.54) is 6.07 Å². The van der Waals surface area contributed by atoms with Crippen molar-refractivity contribution >= 4 is 5.97 Å². The fourth-order valence-corrected chi connectivity index (χ4v) is 1.67. The minimum atomic E-state index is -0.217. The van der Waals surface area contributed by atoms with Gasteiger partial charge in [-0.2, -0.15) is 0 Å². The van der Waals surface area contributed by atoms with Crippen molar-refractivity contribution in [3.63, 3.8) is 0 Å². The SMILES string of the molecule is CCOC(=O)CC(C)N(C)Cc1ccccc1F. The second kappa shape index (κ2) is 7.11. The van der Waals surface area contributed by atoms with Crippen molar-refractivity contribution in [1.29, 1.82) is 0 Å². The van der Waals surface area contributed by atoms with Gasteiger partial charge in [0, 0.05) is 18.2 Å². The van der Waals surface area contributed by atoms with E-state index in [9.17, 15) is 9.18 Å². The van der Waals surface area contributed by atoms with E-state index in [0.29, 0.717) is 25.1 Å². The zero-order chi connectivity index (χ0) is 13.5. The minimum Gasteiger partial charge on any atom is -0.466 e. The molecule has 1 aromatic carbocycles. The van der Waals surface area contributed by atoms with Gasteiger partial charge < -0.3 is 4.74 Å². The third kappa shape index (κ3) is 4.45. The number of carbonyl (C=O) groups excluding carboxylic acids is 1. The van der Waals surface area contributed by atoms with Gasteiger partial charge in [-0.15, -0.1) is 0 Å². The average molecular weight is 253 g/mol. The lowest BCUT2D eigenvalue weighted by Crippen LogP contribution is -2.31. The van der Waals surface area contributed by atoms with Crippen molar-refractivity contribution in [1.82, 2.24) is 4.90 Å². The molecule has 0 heterocycles. The Labute approximate surface area is 108 Å². The van der Waals surface area contributed by atoms with Crippen LogP contribution in [0.1, 0.15) is 25.8 Å². The fourth-order valence-electron chi connectivity index (χ4n) is 1.67. The lowest BCUT2D eigenvalue weighted by molar-refractivity contribution is -0.144. The Kier molecular flexibility index (Phi) is 5.78. The molecule has 1 unspecified atom stereocenters. The Morgan fingerprint density at radius 3 is 2.72 bits per heavy atom. The Morgan fingerprint density at radius 1 is 1.44 bits per heavy atom. The molecule has 4 heteroatoms. The second-order valence-electron chi connectivity index (χ2n) is 4.36. The van der Waals surface area contributed by atoms with E-state index >= 15 is 0 Å². The van der Waals surface area contributed by atoms with E-state index in [0.717, 1.165) is 0 Å². The predicted octanol–water partition coefficient (Wildman–Crippen LogP) is 2.60. The molecule has 0 amide bonds. The van der Waals surface area contributed by atoms with Crippen LogP contribution < -0.4 is 0 Å². The van der Waals surface area contributed by atoms with Crippen LogP contribution in [-0.4, -0.2) is 30.6 Å². The highest BCUT2D eigenvalue weighted by molar-refractivity contribution is 5.70. The molecule has 0 aliphatic rings. The molecule has 0 saturated heterocycles. The number of nitrogens with zero attached hydrogens (tertiary/aromatic N) is 1. The van der Waals surface area contributed by atoms with Crippen LogP contribution >= 0.6 is 0 Å². The number of esters is 1. The first-order valence-electron chi connectivity index (χ1n) is 6.13. The zero-order valence-electron chi connectivity index (χ0n) is 11.1. The zero-order valence-corrected chi connectivity index (χ0v) is 11.1. The molecule has 0 spiro atoms. The molecule has 0 aliphatic carbocycles. The molecule has 1 rings (SSSR count). The first kappa shape index (κ1) is 14.6. The van der Waals surface area contributed by atoms with Crippen molar-refractivity contribution in [2.75, 3.05) is 13.7 Å². The number of halogens is 1. The third-order valence-electron chi connectivity index (χ3n) is 2.90. The van der Waals surface area contributed by atoms with E-state index in [2.05, 4.69) is 0 Å². The number of carbonyl (C=O) groups is 1. The number of ether oxygens (including phenoxy) is 1. The molecule has 0 radical (unpaired) electrons. The molecule has 100 valence electrons. The van der Waals surface area contributed by atoms with Gasteiger partial charge in [0.15, 0.2) is 0 Å². The van der Waals surface area contributed by atoms with Gasteiger partial charge in [0.25, 0.3) is 0 Å². The summed E-state index contributed by atoms with van der Waals surface area (Å²) >= 11 is 0. The Hall–Kier alpha value is -1.42. The summed E-state index contributed by atoms with van der Waals surface area (Å²) in [6.45, 7) is 4.58. The Bertz CT molecular complexity index is 395. The summed E-state index contributed by atoms with van der Waals surface area (Å²) in [5.74, 6) is -0.432. The number of benzene rings is 1. The maximum absolute atomic E-state index is 13.5. The van der Waals surface area contributed by atoms with Crippen LogP contribution in [0.4, 0.5) is 4.39 Å². The lowest BCUT2D eigenvalue weighted by Gasteiger charge is -2.24. The summed E-state index contributed by atoms with van der Waals surface area (Å²) in [5.41, 5.74) is 0.635. The normalized spacial score (nSPS) is 12.5. The summed E-state index contributed by atoms with van der Waals surface area (Å²) in [6, 6.07) is 6.69. The number of hydrogen-bond acceptors (Lipinski definition) is 3. The molecule has 0 aliphatic heterocycles. The van der Waals surface area contributed by atoms with Gasteiger partial charge in [0.2, 0.25) is 0 Å². The fraction of sp³-hybridized carbons (Fsp3) is 0.500. The molecule has 0 bridgehead atoms. The van der Waals surface area contributed by atoms with E-state index in [1.807, 2.05) is 24.9 Å². The van der Waals surface area contributed by atoms with Gasteiger partial charge in [0.05, 0.1) is 13.0 Å². The van der Waals surface area contributed by atoms with E-state index < -0.39 is 0 Å². The van der Waals surface area contributed by atoms with Crippen molar-refractivity contribution in [2.24, 2.45) is 0 Å². The van der Waals surface area contributed by atoms with Crippen LogP contribution in [0, 0.1) is 5.82 Å². The van der Waals surface area contributed by atoms with E-state index in [4.69, 9.17) is 4.74 Å². The highest BCUT2D eigenvalue weighted by Gasteiger charge is 2.15. The van der Waals surface area contributed by atoms with Crippen LogP contribution in [0.5, 0.6) is 0 Å². The number of hydrogen-bond donors (Lipinski definition) is 0. The van der Waals surface area contributed by atoms with Crippen molar-refractivity contribution in [3.8, 4) is 0 Å². The van der Waals surface area contributed by atoms with Gasteiger partial charge in [-0.1, -0.05) is 18.2 Å². The van der Waals surface area contributed by atoms with Gasteiger partial charge in [-0.05, 0) is 27.0 Å². The number of rotatable bonds is 6. The molecule has 1 atom stereocenters. The summed E-state index contributed by atoms with van der Waals surface area (Å²) in [7, 11) is 1.87. The smallest absolute Gasteiger partial charge is 0.307 e. The summed E-state index contributed by atoms with van der Waals surface area (Å²) < 4.78 is 18.4. The maximum Gasteiger partial charge on any atom is 0.307 e. The van der Waals surface area contributed by atoms with Crippen molar-refractivity contribution in [2.45, 2.75) is 32.9 Å². The van der Waals surface area contributed by atoms with E-state index in [-0.39, 0.29) is 17.8 Å². The summed E-state index contributed by atoms with van der Waals surface area (Å²) in [5, 5.41) is 0. The van der Waals surface area contributed by atoms with Gasteiger partial charge >= 0.3 is 5.97 Å². The highest BCUT2D eigenvalue weighted by Crippen LogP contribution is 2.12. The second-order valence-corrected chi connectivity index (χ2v) is 4.36. The molecular formula is C14H20FNO2. The molecule has 18 heavy (non-hydrogen) atoms. The molecule has 1 aromatic rings. The monoisotopic (exact) mass is 253 g/mol. The lowest BCUT2D eigenvalue weighted by atomic mass is 10.1. The largest absolute Gasteiger partial charge is 0.466 e. The topological polar surface area (TPSA) is 29.5 Å². The molecule has 0 fully saturated rings. The Morgan fingerprint density at radius 2 is 2.11 bits per heavy atom. The summed E-state index contributed by atoms with van der Waals surface area (Å²) in [6.07, 6.45) is 0.318.